The number of aliphatic imine (C=N–C) groups is 1. The zero-order chi connectivity index (χ0) is 24.7. The molecular weight excluding hydrogens is 443 g/mol. The molecule has 34 heavy (non-hydrogen) atoms. The molecular formula is C24H28F3N7. The maximum atomic E-state index is 13.9. The van der Waals surface area contributed by atoms with Gasteiger partial charge in [0.1, 0.15) is 11.4 Å². The number of halogens is 3. The molecule has 7 nitrogen and oxygen atoms in total. The van der Waals surface area contributed by atoms with Crippen LogP contribution in [0.15, 0.2) is 71.6 Å². The predicted molar refractivity (Wildman–Crippen MR) is 128 cm³/mol. The normalized spacial score (nSPS) is 13.4. The number of amidine groups is 1. The SMILES string of the molecule is CC/C(=N\C(=C/N(C)/C(=C\N)n1nnc2ccccc21)C(F)(F)F)NCc1ccc(CC)cc1. The highest BCUT2D eigenvalue weighted by molar-refractivity contribution is 5.83. The number of benzene rings is 2. The molecule has 1 aromatic heterocycles. The summed E-state index contributed by atoms with van der Waals surface area (Å²) in [5, 5.41) is 11.1. The molecule has 0 aliphatic rings. The van der Waals surface area contributed by atoms with Crippen LogP contribution in [0.3, 0.4) is 0 Å². The van der Waals surface area contributed by atoms with E-state index in [4.69, 9.17) is 5.73 Å². The Kier molecular flexibility index (Phi) is 7.93. The molecule has 0 fully saturated rings. The van der Waals surface area contributed by atoms with E-state index in [1.807, 2.05) is 24.3 Å². The number of hydrogen-bond donors (Lipinski definition) is 2. The van der Waals surface area contributed by atoms with Gasteiger partial charge in [0.25, 0.3) is 0 Å². The topological polar surface area (TPSA) is 84.4 Å². The molecule has 0 radical (unpaired) electrons. The van der Waals surface area contributed by atoms with Gasteiger partial charge >= 0.3 is 6.18 Å². The third-order valence-electron chi connectivity index (χ3n) is 5.20. The molecule has 0 atom stereocenters. The van der Waals surface area contributed by atoms with Crippen LogP contribution in [0.1, 0.15) is 31.4 Å². The molecule has 3 N–H and O–H groups in total. The number of fused-ring (bicyclic) bond motifs is 1. The molecule has 180 valence electrons. The van der Waals surface area contributed by atoms with E-state index in [-0.39, 0.29) is 11.7 Å². The fourth-order valence-corrected chi connectivity index (χ4v) is 3.28. The summed E-state index contributed by atoms with van der Waals surface area (Å²) < 4.78 is 43.0. The number of nitrogens with two attached hydrogens (primary N) is 1. The van der Waals surface area contributed by atoms with E-state index in [2.05, 4.69) is 27.5 Å². The van der Waals surface area contributed by atoms with Crippen molar-refractivity contribution in [3.63, 3.8) is 0 Å². The Bertz CT molecular complexity index is 1190. The highest BCUT2D eigenvalue weighted by Crippen LogP contribution is 2.28. The highest BCUT2D eigenvalue weighted by atomic mass is 19.4. The minimum atomic E-state index is -4.68. The van der Waals surface area contributed by atoms with Gasteiger partial charge in [-0.25, -0.2) is 4.99 Å². The van der Waals surface area contributed by atoms with Crippen molar-refractivity contribution in [2.24, 2.45) is 10.7 Å². The molecule has 0 aliphatic carbocycles. The lowest BCUT2D eigenvalue weighted by molar-refractivity contribution is -0.0932. The van der Waals surface area contributed by atoms with Crippen LogP contribution in [-0.4, -0.2) is 39.0 Å². The molecule has 1 heterocycles. The molecule has 0 bridgehead atoms. The molecule has 0 spiro atoms. The zero-order valence-corrected chi connectivity index (χ0v) is 19.3. The Balaban J connectivity index is 1.86. The third-order valence-corrected chi connectivity index (χ3v) is 5.20. The second kappa shape index (κ2) is 10.9. The van der Waals surface area contributed by atoms with Crippen LogP contribution in [-0.2, 0) is 13.0 Å². The first-order valence-corrected chi connectivity index (χ1v) is 10.9. The first kappa shape index (κ1) is 24.8. The van der Waals surface area contributed by atoms with Crippen LogP contribution in [0, 0.1) is 0 Å². The Morgan fingerprint density at radius 3 is 2.41 bits per heavy atom. The van der Waals surface area contributed by atoms with E-state index in [0.29, 0.717) is 24.0 Å². The van der Waals surface area contributed by atoms with Gasteiger partial charge in [0.2, 0.25) is 0 Å². The van der Waals surface area contributed by atoms with Crippen molar-refractivity contribution in [3.8, 4) is 0 Å². The number of hydrogen-bond acceptors (Lipinski definition) is 5. The van der Waals surface area contributed by atoms with Crippen LogP contribution in [0.4, 0.5) is 13.2 Å². The fraction of sp³-hybridized carbons (Fsp3) is 0.292. The molecule has 0 unspecified atom stereocenters. The summed E-state index contributed by atoms with van der Waals surface area (Å²) in [7, 11) is 1.45. The number of nitrogens with one attached hydrogen (secondary N) is 1. The second-order valence-electron chi connectivity index (χ2n) is 7.57. The van der Waals surface area contributed by atoms with E-state index < -0.39 is 11.9 Å². The lowest BCUT2D eigenvalue weighted by atomic mass is 10.1. The minimum Gasteiger partial charge on any atom is -0.402 e. The standard InChI is InChI=1S/C24H28F3N7/c1-4-17-10-12-18(13-11-17)15-29-22(5-2)30-21(24(25,26)27)16-33(3)23(14-28)34-20-9-7-6-8-19(20)31-32-34/h6-14,16H,4-5,15,28H2,1-3H3,(H,29,30)/b21-16-,23-14+. The molecule has 0 aliphatic heterocycles. The summed E-state index contributed by atoms with van der Waals surface area (Å²) >= 11 is 0. The summed E-state index contributed by atoms with van der Waals surface area (Å²) in [6.07, 6.45) is -1.39. The smallest absolute Gasteiger partial charge is 0.402 e. The summed E-state index contributed by atoms with van der Waals surface area (Å²) in [6, 6.07) is 15.0. The van der Waals surface area contributed by atoms with Crippen LogP contribution >= 0.6 is 0 Å². The molecule has 3 aromatic rings. The Morgan fingerprint density at radius 2 is 1.79 bits per heavy atom. The van der Waals surface area contributed by atoms with E-state index in [1.54, 1.807) is 31.2 Å². The van der Waals surface area contributed by atoms with Crippen LogP contribution in [0.5, 0.6) is 0 Å². The third kappa shape index (κ3) is 5.94. The lowest BCUT2D eigenvalue weighted by Crippen LogP contribution is -2.25. The Hall–Kier alpha value is -3.82. The monoisotopic (exact) mass is 471 g/mol. The highest BCUT2D eigenvalue weighted by Gasteiger charge is 2.35. The van der Waals surface area contributed by atoms with Gasteiger partial charge in [-0.1, -0.05) is 55.5 Å². The van der Waals surface area contributed by atoms with Gasteiger partial charge in [0.05, 0.1) is 5.52 Å². The van der Waals surface area contributed by atoms with Gasteiger partial charge in [0.15, 0.2) is 11.5 Å². The number of alkyl halides is 3. The van der Waals surface area contributed by atoms with Gasteiger partial charge in [0, 0.05) is 32.4 Å². The molecule has 2 aromatic carbocycles. The predicted octanol–water partition coefficient (Wildman–Crippen LogP) is 4.64. The first-order valence-electron chi connectivity index (χ1n) is 10.9. The van der Waals surface area contributed by atoms with Gasteiger partial charge in [-0.3, -0.25) is 0 Å². The largest absolute Gasteiger partial charge is 0.434 e. The van der Waals surface area contributed by atoms with Crippen LogP contribution < -0.4 is 11.1 Å². The molecule has 0 saturated carbocycles. The average Bonchev–Trinajstić information content (AvgIpc) is 3.25. The zero-order valence-electron chi connectivity index (χ0n) is 19.3. The molecule has 10 heteroatoms. The van der Waals surface area contributed by atoms with Gasteiger partial charge in [-0.05, 0) is 29.7 Å². The van der Waals surface area contributed by atoms with Crippen molar-refractivity contribution in [2.45, 2.75) is 39.4 Å². The summed E-state index contributed by atoms with van der Waals surface area (Å²) in [6.45, 7) is 4.18. The maximum absolute atomic E-state index is 13.9. The van der Waals surface area contributed by atoms with E-state index in [9.17, 15) is 13.2 Å². The number of rotatable bonds is 8. The minimum absolute atomic E-state index is 0.202. The van der Waals surface area contributed by atoms with Crippen molar-refractivity contribution in [3.05, 3.63) is 77.8 Å². The van der Waals surface area contributed by atoms with Crippen molar-refractivity contribution in [1.29, 1.82) is 0 Å². The van der Waals surface area contributed by atoms with Crippen molar-refractivity contribution < 1.29 is 13.2 Å². The number of nitrogens with zero attached hydrogens (tertiary/aromatic N) is 5. The molecule has 0 amide bonds. The van der Waals surface area contributed by atoms with E-state index >= 15 is 0 Å². The van der Waals surface area contributed by atoms with Gasteiger partial charge in [-0.15, -0.1) is 5.10 Å². The number of para-hydroxylation sites is 1. The first-order chi connectivity index (χ1) is 16.3. The van der Waals surface area contributed by atoms with E-state index in [0.717, 1.165) is 18.2 Å². The summed E-state index contributed by atoms with van der Waals surface area (Å²) in [5.41, 5.74) is 8.05. The Morgan fingerprint density at radius 1 is 1.12 bits per heavy atom. The lowest BCUT2D eigenvalue weighted by Gasteiger charge is -2.20. The van der Waals surface area contributed by atoms with Gasteiger partial charge in [-0.2, -0.15) is 17.9 Å². The fourth-order valence-electron chi connectivity index (χ4n) is 3.28. The van der Waals surface area contributed by atoms with Crippen LogP contribution in [0.2, 0.25) is 0 Å². The second-order valence-corrected chi connectivity index (χ2v) is 7.57. The quantitative estimate of drug-likeness (QED) is 0.369. The molecule has 3 rings (SSSR count). The number of aryl methyl sites for hydroxylation is 1. The van der Waals surface area contributed by atoms with Crippen molar-refractivity contribution >= 4 is 22.7 Å². The van der Waals surface area contributed by atoms with Gasteiger partial charge < -0.3 is 16.0 Å². The number of allylic oxidation sites excluding steroid dienone is 1. The van der Waals surface area contributed by atoms with Crippen LogP contribution in [0.25, 0.3) is 16.9 Å². The molecule has 0 saturated heterocycles. The maximum Gasteiger partial charge on any atom is 0.434 e. The average molecular weight is 472 g/mol. The van der Waals surface area contributed by atoms with Crippen molar-refractivity contribution in [2.75, 3.05) is 7.05 Å². The van der Waals surface area contributed by atoms with E-state index in [1.165, 1.54) is 28.4 Å². The summed E-state index contributed by atoms with van der Waals surface area (Å²) in [4.78, 5) is 5.13. The Labute approximate surface area is 196 Å². The summed E-state index contributed by atoms with van der Waals surface area (Å²) in [5.74, 6) is 0.425. The number of aromatic nitrogens is 3. The van der Waals surface area contributed by atoms with Crippen molar-refractivity contribution in [1.82, 2.24) is 25.2 Å².